The number of nitrogens with zero attached hydrogens (tertiary/aromatic N) is 3. The van der Waals surface area contributed by atoms with Gasteiger partial charge in [0.2, 0.25) is 5.13 Å². The number of rotatable bonds is 4. The molecule has 18 heavy (non-hydrogen) atoms. The van der Waals surface area contributed by atoms with E-state index in [0.29, 0.717) is 6.61 Å². The van der Waals surface area contributed by atoms with Gasteiger partial charge in [0.25, 0.3) is 0 Å². The Balaban J connectivity index is 2.17. The molecule has 0 aliphatic heterocycles. The first-order chi connectivity index (χ1) is 8.61. The van der Waals surface area contributed by atoms with Gasteiger partial charge in [-0.05, 0) is 20.8 Å². The first-order valence-corrected chi connectivity index (χ1v) is 6.63. The average molecular weight is 265 g/mol. The average Bonchev–Trinajstić information content (AvgIpc) is 2.96. The molecular weight excluding hydrogens is 250 g/mol. The van der Waals surface area contributed by atoms with Crippen molar-refractivity contribution in [2.24, 2.45) is 0 Å². The quantitative estimate of drug-likeness (QED) is 0.796. The van der Waals surface area contributed by atoms with Crippen molar-refractivity contribution in [2.45, 2.75) is 26.7 Å². The summed E-state index contributed by atoms with van der Waals surface area (Å²) in [5, 5.41) is 6.98. The molecular formula is C12H15N3O2S. The number of hydrogen-bond acceptors (Lipinski definition) is 5. The fourth-order valence-electron chi connectivity index (χ4n) is 1.52. The minimum Gasteiger partial charge on any atom is -0.466 e. The molecule has 1 unspecified atom stereocenters. The van der Waals surface area contributed by atoms with Gasteiger partial charge in [-0.25, -0.2) is 9.67 Å². The van der Waals surface area contributed by atoms with Crippen LogP contribution in [0.4, 0.5) is 0 Å². The van der Waals surface area contributed by atoms with E-state index < -0.39 is 0 Å². The SMILES string of the molecule is CCOC(=O)C(C)c1cnn(-c2nc(C)cs2)c1. The third kappa shape index (κ3) is 2.59. The van der Waals surface area contributed by atoms with Crippen molar-refractivity contribution in [1.82, 2.24) is 14.8 Å². The molecule has 0 radical (unpaired) electrons. The van der Waals surface area contributed by atoms with E-state index >= 15 is 0 Å². The highest BCUT2D eigenvalue weighted by Crippen LogP contribution is 2.19. The van der Waals surface area contributed by atoms with Crippen molar-refractivity contribution >= 4 is 17.3 Å². The highest BCUT2D eigenvalue weighted by molar-refractivity contribution is 7.12. The van der Waals surface area contributed by atoms with Crippen LogP contribution >= 0.6 is 11.3 Å². The molecule has 0 aliphatic rings. The maximum Gasteiger partial charge on any atom is 0.313 e. The van der Waals surface area contributed by atoms with Gasteiger partial charge in [0.05, 0.1) is 24.4 Å². The Bertz CT molecular complexity index is 547. The number of carbonyl (C=O) groups is 1. The molecule has 0 saturated carbocycles. The van der Waals surface area contributed by atoms with Crippen LogP contribution < -0.4 is 0 Å². The smallest absolute Gasteiger partial charge is 0.313 e. The van der Waals surface area contributed by atoms with Crippen molar-refractivity contribution in [1.29, 1.82) is 0 Å². The monoisotopic (exact) mass is 265 g/mol. The minimum absolute atomic E-state index is 0.229. The predicted molar refractivity (Wildman–Crippen MR) is 69.0 cm³/mol. The summed E-state index contributed by atoms with van der Waals surface area (Å²) < 4.78 is 6.67. The van der Waals surface area contributed by atoms with E-state index in [1.165, 1.54) is 11.3 Å². The molecule has 6 heteroatoms. The van der Waals surface area contributed by atoms with E-state index in [-0.39, 0.29) is 11.9 Å². The second-order valence-corrected chi connectivity index (χ2v) is 4.80. The predicted octanol–water partition coefficient (Wildman–Crippen LogP) is 2.30. The highest BCUT2D eigenvalue weighted by atomic mass is 32.1. The summed E-state index contributed by atoms with van der Waals surface area (Å²) in [6.07, 6.45) is 3.50. The van der Waals surface area contributed by atoms with E-state index in [9.17, 15) is 4.79 Å². The Morgan fingerprint density at radius 2 is 2.39 bits per heavy atom. The van der Waals surface area contributed by atoms with Crippen molar-refractivity contribution in [2.75, 3.05) is 6.61 Å². The molecule has 1 atom stereocenters. The fourth-order valence-corrected chi connectivity index (χ4v) is 2.25. The molecule has 2 heterocycles. The lowest BCUT2D eigenvalue weighted by Crippen LogP contribution is -2.12. The number of esters is 1. The van der Waals surface area contributed by atoms with Crippen molar-refractivity contribution in [3.63, 3.8) is 0 Å². The lowest BCUT2D eigenvalue weighted by molar-refractivity contribution is -0.144. The van der Waals surface area contributed by atoms with E-state index in [0.717, 1.165) is 16.4 Å². The maximum atomic E-state index is 11.6. The van der Waals surface area contributed by atoms with Crippen LogP contribution in [0.3, 0.4) is 0 Å². The van der Waals surface area contributed by atoms with Gasteiger partial charge >= 0.3 is 5.97 Å². The summed E-state index contributed by atoms with van der Waals surface area (Å²) in [5.41, 5.74) is 1.80. The minimum atomic E-state index is -0.306. The standard InChI is InChI=1S/C12H15N3O2S/c1-4-17-11(16)9(3)10-5-13-15(6-10)12-14-8(2)7-18-12/h5-7,9H,4H2,1-3H3. The Labute approximate surface area is 109 Å². The van der Waals surface area contributed by atoms with E-state index in [2.05, 4.69) is 10.1 Å². The number of aryl methyl sites for hydroxylation is 1. The zero-order valence-electron chi connectivity index (χ0n) is 10.6. The molecule has 0 N–H and O–H groups in total. The molecule has 0 aromatic carbocycles. The van der Waals surface area contributed by atoms with Crippen molar-refractivity contribution in [3.05, 3.63) is 29.0 Å². The molecule has 0 spiro atoms. The van der Waals surface area contributed by atoms with Gasteiger partial charge in [0.15, 0.2) is 0 Å². The second kappa shape index (κ2) is 5.30. The van der Waals surface area contributed by atoms with Crippen LogP contribution in [0.25, 0.3) is 5.13 Å². The lowest BCUT2D eigenvalue weighted by Gasteiger charge is -2.07. The Hall–Kier alpha value is -1.69. The Morgan fingerprint density at radius 3 is 3.00 bits per heavy atom. The molecule has 5 nitrogen and oxygen atoms in total. The van der Waals surface area contributed by atoms with Gasteiger partial charge < -0.3 is 4.74 Å². The summed E-state index contributed by atoms with van der Waals surface area (Å²) in [7, 11) is 0. The van der Waals surface area contributed by atoms with Gasteiger partial charge in [-0.3, -0.25) is 4.79 Å². The van der Waals surface area contributed by atoms with Crippen LogP contribution in [0.15, 0.2) is 17.8 Å². The van der Waals surface area contributed by atoms with Gasteiger partial charge in [-0.2, -0.15) is 5.10 Å². The van der Waals surface area contributed by atoms with Gasteiger partial charge in [-0.15, -0.1) is 11.3 Å². The van der Waals surface area contributed by atoms with Crippen LogP contribution in [-0.4, -0.2) is 27.3 Å². The molecule has 0 saturated heterocycles. The summed E-state index contributed by atoms with van der Waals surface area (Å²) in [6, 6.07) is 0. The van der Waals surface area contributed by atoms with E-state index in [1.807, 2.05) is 25.4 Å². The highest BCUT2D eigenvalue weighted by Gasteiger charge is 2.18. The van der Waals surface area contributed by atoms with Crippen LogP contribution in [0.5, 0.6) is 0 Å². The molecule has 0 amide bonds. The fraction of sp³-hybridized carbons (Fsp3) is 0.417. The lowest BCUT2D eigenvalue weighted by atomic mass is 10.1. The molecule has 96 valence electrons. The maximum absolute atomic E-state index is 11.6. The third-order valence-corrected chi connectivity index (χ3v) is 3.49. The number of carbonyl (C=O) groups excluding carboxylic acids is 1. The zero-order valence-corrected chi connectivity index (χ0v) is 11.4. The topological polar surface area (TPSA) is 57.0 Å². The first kappa shape index (κ1) is 12.8. The number of hydrogen-bond donors (Lipinski definition) is 0. The first-order valence-electron chi connectivity index (χ1n) is 5.75. The Morgan fingerprint density at radius 1 is 1.61 bits per heavy atom. The van der Waals surface area contributed by atoms with Crippen LogP contribution in [0.2, 0.25) is 0 Å². The van der Waals surface area contributed by atoms with Crippen molar-refractivity contribution in [3.8, 4) is 5.13 Å². The van der Waals surface area contributed by atoms with E-state index in [4.69, 9.17) is 4.74 Å². The van der Waals surface area contributed by atoms with Crippen molar-refractivity contribution < 1.29 is 9.53 Å². The number of ether oxygens (including phenoxy) is 1. The number of aromatic nitrogens is 3. The largest absolute Gasteiger partial charge is 0.466 e. The molecule has 2 aromatic heterocycles. The number of thiazole rings is 1. The van der Waals surface area contributed by atoms with Crippen LogP contribution in [-0.2, 0) is 9.53 Å². The molecule has 0 bridgehead atoms. The molecule has 0 aliphatic carbocycles. The summed E-state index contributed by atoms with van der Waals surface area (Å²) >= 11 is 1.52. The summed E-state index contributed by atoms with van der Waals surface area (Å²) in [5.74, 6) is -0.535. The third-order valence-electron chi connectivity index (χ3n) is 2.55. The van der Waals surface area contributed by atoms with Crippen LogP contribution in [0, 0.1) is 6.92 Å². The molecule has 2 aromatic rings. The van der Waals surface area contributed by atoms with E-state index in [1.54, 1.807) is 17.8 Å². The molecule has 0 fully saturated rings. The van der Waals surface area contributed by atoms with Gasteiger partial charge in [0.1, 0.15) is 0 Å². The summed E-state index contributed by atoms with van der Waals surface area (Å²) in [4.78, 5) is 16.0. The van der Waals surface area contributed by atoms with Gasteiger partial charge in [0, 0.05) is 17.1 Å². The van der Waals surface area contributed by atoms with Gasteiger partial charge in [-0.1, -0.05) is 0 Å². The molecule has 2 rings (SSSR count). The summed E-state index contributed by atoms with van der Waals surface area (Å²) in [6.45, 7) is 5.94. The zero-order chi connectivity index (χ0) is 13.1. The Kier molecular flexibility index (Phi) is 3.76. The second-order valence-electron chi connectivity index (χ2n) is 3.96. The van der Waals surface area contributed by atoms with Crippen LogP contribution in [0.1, 0.15) is 31.0 Å². The normalized spacial score (nSPS) is 12.4.